The van der Waals surface area contributed by atoms with Crippen molar-refractivity contribution in [1.82, 2.24) is 25.4 Å². The van der Waals surface area contributed by atoms with Crippen LogP contribution < -0.4 is 10.6 Å². The Morgan fingerprint density at radius 2 is 2.11 bits per heavy atom. The third-order valence-electron chi connectivity index (χ3n) is 3.60. The summed E-state index contributed by atoms with van der Waals surface area (Å²) in [4.78, 5) is 4.59. The molecule has 106 valence electrons. The van der Waals surface area contributed by atoms with Gasteiger partial charge in [0, 0.05) is 19.6 Å². The van der Waals surface area contributed by atoms with Crippen molar-refractivity contribution >= 4 is 5.96 Å². The van der Waals surface area contributed by atoms with Crippen LogP contribution in [0, 0.1) is 6.92 Å². The van der Waals surface area contributed by atoms with Gasteiger partial charge >= 0.3 is 0 Å². The van der Waals surface area contributed by atoms with Gasteiger partial charge in [0.05, 0.1) is 0 Å². The number of rotatable bonds is 4. The first-order chi connectivity index (χ1) is 9.20. The summed E-state index contributed by atoms with van der Waals surface area (Å²) < 4.78 is 1.97. The molecular weight excluding hydrogens is 240 g/mol. The molecule has 0 saturated heterocycles. The van der Waals surface area contributed by atoms with E-state index in [4.69, 9.17) is 0 Å². The van der Waals surface area contributed by atoms with E-state index in [-0.39, 0.29) is 0 Å². The average molecular weight is 264 g/mol. The maximum Gasteiger partial charge on any atom is 0.191 e. The Morgan fingerprint density at radius 3 is 2.68 bits per heavy atom. The van der Waals surface area contributed by atoms with Crippen molar-refractivity contribution in [3.8, 4) is 0 Å². The molecule has 1 heterocycles. The molecule has 0 atom stereocenters. The molecule has 0 radical (unpaired) electrons. The normalized spacial score (nSPS) is 16.9. The van der Waals surface area contributed by atoms with Gasteiger partial charge < -0.3 is 15.2 Å². The molecule has 1 aliphatic rings. The lowest BCUT2D eigenvalue weighted by molar-refractivity contribution is 0.612. The number of aromatic nitrogens is 3. The Bertz CT molecular complexity index is 430. The van der Waals surface area contributed by atoms with Crippen LogP contribution in [0.3, 0.4) is 0 Å². The molecule has 0 unspecified atom stereocenters. The molecule has 0 bridgehead atoms. The van der Waals surface area contributed by atoms with Crippen molar-refractivity contribution < 1.29 is 0 Å². The minimum absolute atomic E-state index is 0.555. The van der Waals surface area contributed by atoms with Crippen LogP contribution in [-0.4, -0.2) is 33.3 Å². The van der Waals surface area contributed by atoms with Crippen LogP contribution in [0.25, 0.3) is 0 Å². The molecule has 1 aliphatic carbocycles. The molecule has 0 spiro atoms. The second kappa shape index (κ2) is 6.54. The molecule has 1 saturated carbocycles. The van der Waals surface area contributed by atoms with Crippen LogP contribution in [0.15, 0.2) is 4.99 Å². The fraction of sp³-hybridized carbons (Fsp3) is 0.769. The summed E-state index contributed by atoms with van der Waals surface area (Å²) in [6.45, 7) is 5.45. The van der Waals surface area contributed by atoms with Crippen LogP contribution in [-0.2, 0) is 13.6 Å². The third kappa shape index (κ3) is 3.68. The zero-order chi connectivity index (χ0) is 13.7. The average Bonchev–Trinajstić information content (AvgIpc) is 3.00. The van der Waals surface area contributed by atoms with E-state index in [9.17, 15) is 0 Å². The minimum atomic E-state index is 0.555. The molecule has 0 aromatic carbocycles. The minimum Gasteiger partial charge on any atom is -0.357 e. The quantitative estimate of drug-likeness (QED) is 0.632. The van der Waals surface area contributed by atoms with E-state index < -0.39 is 0 Å². The standard InChI is InChI=1S/C13H24N6/c1-4-14-13(16-11-7-5-6-8-11)15-9-12-18-17-10(2)19(12)3/h11H,4-9H2,1-3H3,(H2,14,15,16). The molecule has 0 amide bonds. The van der Waals surface area contributed by atoms with Crippen molar-refractivity contribution in [2.45, 2.75) is 52.1 Å². The van der Waals surface area contributed by atoms with Crippen LogP contribution >= 0.6 is 0 Å². The summed E-state index contributed by atoms with van der Waals surface area (Å²) in [6, 6.07) is 0.569. The second-order valence-corrected chi connectivity index (χ2v) is 5.04. The van der Waals surface area contributed by atoms with Crippen molar-refractivity contribution in [2.24, 2.45) is 12.0 Å². The van der Waals surface area contributed by atoms with Gasteiger partial charge in [-0.3, -0.25) is 0 Å². The van der Waals surface area contributed by atoms with Crippen molar-refractivity contribution in [2.75, 3.05) is 6.54 Å². The van der Waals surface area contributed by atoms with E-state index in [1.807, 2.05) is 18.5 Å². The zero-order valence-electron chi connectivity index (χ0n) is 12.1. The third-order valence-corrected chi connectivity index (χ3v) is 3.60. The molecule has 1 aromatic heterocycles. The van der Waals surface area contributed by atoms with Crippen molar-refractivity contribution in [1.29, 1.82) is 0 Å². The van der Waals surface area contributed by atoms with Gasteiger partial charge in [-0.15, -0.1) is 10.2 Å². The van der Waals surface area contributed by atoms with Gasteiger partial charge in [-0.1, -0.05) is 12.8 Å². The lowest BCUT2D eigenvalue weighted by atomic mass is 10.2. The summed E-state index contributed by atoms with van der Waals surface area (Å²) >= 11 is 0. The van der Waals surface area contributed by atoms with Crippen LogP contribution in [0.4, 0.5) is 0 Å². The maximum atomic E-state index is 4.59. The number of nitrogens with zero attached hydrogens (tertiary/aromatic N) is 4. The predicted octanol–water partition coefficient (Wildman–Crippen LogP) is 1.12. The highest BCUT2D eigenvalue weighted by atomic mass is 15.3. The van der Waals surface area contributed by atoms with Gasteiger partial charge in [0.15, 0.2) is 11.8 Å². The Labute approximate surface area is 114 Å². The number of nitrogens with one attached hydrogen (secondary N) is 2. The second-order valence-electron chi connectivity index (χ2n) is 5.04. The highest BCUT2D eigenvalue weighted by Gasteiger charge is 2.16. The molecular formula is C13H24N6. The molecule has 6 heteroatoms. The smallest absolute Gasteiger partial charge is 0.191 e. The van der Waals surface area contributed by atoms with E-state index in [0.717, 1.165) is 24.2 Å². The fourth-order valence-corrected chi connectivity index (χ4v) is 2.32. The Morgan fingerprint density at radius 1 is 1.37 bits per heavy atom. The molecule has 2 N–H and O–H groups in total. The van der Waals surface area contributed by atoms with Crippen LogP contribution in [0.2, 0.25) is 0 Å². The lowest BCUT2D eigenvalue weighted by Crippen LogP contribution is -2.42. The van der Waals surface area contributed by atoms with E-state index in [0.29, 0.717) is 12.6 Å². The van der Waals surface area contributed by atoms with Crippen LogP contribution in [0.1, 0.15) is 44.3 Å². The lowest BCUT2D eigenvalue weighted by Gasteiger charge is -2.16. The van der Waals surface area contributed by atoms with Gasteiger partial charge in [-0.05, 0) is 26.7 Å². The highest BCUT2D eigenvalue weighted by Crippen LogP contribution is 2.17. The first-order valence-electron chi connectivity index (χ1n) is 7.10. The van der Waals surface area contributed by atoms with Gasteiger partial charge in [0.25, 0.3) is 0 Å². The number of hydrogen-bond donors (Lipinski definition) is 2. The summed E-state index contributed by atoms with van der Waals surface area (Å²) in [7, 11) is 1.97. The molecule has 1 aromatic rings. The number of hydrogen-bond acceptors (Lipinski definition) is 3. The predicted molar refractivity (Wildman–Crippen MR) is 75.9 cm³/mol. The Hall–Kier alpha value is -1.59. The van der Waals surface area contributed by atoms with E-state index >= 15 is 0 Å². The van der Waals surface area contributed by atoms with Gasteiger partial charge in [0.2, 0.25) is 0 Å². The molecule has 19 heavy (non-hydrogen) atoms. The first kappa shape index (κ1) is 13.8. The number of aryl methyl sites for hydroxylation is 1. The summed E-state index contributed by atoms with van der Waals surface area (Å²) in [6.07, 6.45) is 5.13. The molecule has 6 nitrogen and oxygen atoms in total. The Balaban J connectivity index is 1.97. The summed E-state index contributed by atoms with van der Waals surface area (Å²) in [5.41, 5.74) is 0. The SMILES string of the molecule is CCNC(=NCc1nnc(C)n1C)NC1CCCC1. The van der Waals surface area contributed by atoms with Crippen LogP contribution in [0.5, 0.6) is 0 Å². The maximum absolute atomic E-state index is 4.59. The van der Waals surface area contributed by atoms with Crippen molar-refractivity contribution in [3.63, 3.8) is 0 Å². The topological polar surface area (TPSA) is 67.1 Å². The monoisotopic (exact) mass is 264 g/mol. The molecule has 2 rings (SSSR count). The number of guanidine groups is 1. The van der Waals surface area contributed by atoms with E-state index in [1.54, 1.807) is 0 Å². The number of aliphatic imine (C=N–C) groups is 1. The Kier molecular flexibility index (Phi) is 4.76. The summed E-state index contributed by atoms with van der Waals surface area (Å²) in [5.74, 6) is 2.69. The summed E-state index contributed by atoms with van der Waals surface area (Å²) in [5, 5.41) is 15.0. The van der Waals surface area contributed by atoms with E-state index in [1.165, 1.54) is 25.7 Å². The first-order valence-corrected chi connectivity index (χ1v) is 7.10. The molecule has 0 aliphatic heterocycles. The zero-order valence-corrected chi connectivity index (χ0v) is 12.1. The fourth-order valence-electron chi connectivity index (χ4n) is 2.32. The van der Waals surface area contributed by atoms with Gasteiger partial charge in [-0.2, -0.15) is 0 Å². The van der Waals surface area contributed by atoms with Gasteiger partial charge in [0.1, 0.15) is 12.4 Å². The molecule has 1 fully saturated rings. The van der Waals surface area contributed by atoms with Crippen molar-refractivity contribution in [3.05, 3.63) is 11.6 Å². The largest absolute Gasteiger partial charge is 0.357 e. The van der Waals surface area contributed by atoms with E-state index in [2.05, 4.69) is 32.7 Å². The highest BCUT2D eigenvalue weighted by molar-refractivity contribution is 5.80. The van der Waals surface area contributed by atoms with Gasteiger partial charge in [-0.25, -0.2) is 4.99 Å².